The summed E-state index contributed by atoms with van der Waals surface area (Å²) in [7, 11) is 1.34. The third-order valence-corrected chi connectivity index (χ3v) is 2.86. The summed E-state index contributed by atoms with van der Waals surface area (Å²) < 4.78 is 15.8. The van der Waals surface area contributed by atoms with E-state index in [-0.39, 0.29) is 6.10 Å². The second-order valence-electron chi connectivity index (χ2n) is 4.19. The first-order valence-electron chi connectivity index (χ1n) is 5.93. The lowest BCUT2D eigenvalue weighted by Gasteiger charge is -2.14. The van der Waals surface area contributed by atoms with E-state index in [0.29, 0.717) is 23.6 Å². The Bertz CT molecular complexity index is 427. The zero-order chi connectivity index (χ0) is 13.0. The van der Waals surface area contributed by atoms with E-state index in [1.807, 2.05) is 0 Å². The molecule has 2 N–H and O–H groups in total. The summed E-state index contributed by atoms with van der Waals surface area (Å²) in [4.78, 5) is 11.6. The second kappa shape index (κ2) is 5.73. The molecule has 18 heavy (non-hydrogen) atoms. The number of benzene rings is 1. The molecule has 2 rings (SSSR count). The molecule has 1 aromatic rings. The molecule has 5 nitrogen and oxygen atoms in total. The molecular formula is C13H17NO4. The first kappa shape index (κ1) is 12.7. The number of methoxy groups -OCH3 is 1. The first-order valence-corrected chi connectivity index (χ1v) is 5.93. The number of rotatable bonds is 4. The number of nitrogen functional groups attached to an aromatic ring is 1. The van der Waals surface area contributed by atoms with E-state index in [9.17, 15) is 4.79 Å². The van der Waals surface area contributed by atoms with E-state index in [0.717, 1.165) is 19.4 Å². The van der Waals surface area contributed by atoms with Gasteiger partial charge in [-0.2, -0.15) is 0 Å². The fraction of sp³-hybridized carbons (Fsp3) is 0.462. The lowest BCUT2D eigenvalue weighted by atomic mass is 10.2. The van der Waals surface area contributed by atoms with Crippen LogP contribution in [0.5, 0.6) is 5.75 Å². The highest BCUT2D eigenvalue weighted by molar-refractivity contribution is 5.93. The van der Waals surface area contributed by atoms with Crippen molar-refractivity contribution in [3.05, 3.63) is 23.8 Å². The molecule has 5 heteroatoms. The quantitative estimate of drug-likeness (QED) is 0.650. The Labute approximate surface area is 106 Å². The molecule has 0 amide bonds. The molecule has 1 aliphatic rings. The number of carbonyl (C=O) groups excluding carboxylic acids is 1. The van der Waals surface area contributed by atoms with E-state index in [1.165, 1.54) is 7.11 Å². The highest BCUT2D eigenvalue weighted by Gasteiger charge is 2.18. The van der Waals surface area contributed by atoms with Crippen molar-refractivity contribution in [3.63, 3.8) is 0 Å². The van der Waals surface area contributed by atoms with Gasteiger partial charge in [0.1, 0.15) is 17.9 Å². The lowest BCUT2D eigenvalue weighted by Crippen LogP contribution is -2.17. The maximum atomic E-state index is 11.6. The SMILES string of the molecule is COC(=O)c1ccc(N)cc1OCC1CCCO1. The normalized spacial score (nSPS) is 18.6. The van der Waals surface area contributed by atoms with Crippen LogP contribution in [-0.4, -0.2) is 32.4 Å². The lowest BCUT2D eigenvalue weighted by molar-refractivity contribution is 0.0568. The van der Waals surface area contributed by atoms with Gasteiger partial charge in [0.25, 0.3) is 0 Å². The Kier molecular flexibility index (Phi) is 4.04. The van der Waals surface area contributed by atoms with Crippen molar-refractivity contribution in [3.8, 4) is 5.75 Å². The molecule has 1 atom stereocenters. The second-order valence-corrected chi connectivity index (χ2v) is 4.19. The van der Waals surface area contributed by atoms with Gasteiger partial charge in [0.2, 0.25) is 0 Å². The average Bonchev–Trinajstić information content (AvgIpc) is 2.88. The number of ether oxygens (including phenoxy) is 3. The molecule has 1 aliphatic heterocycles. The van der Waals surface area contributed by atoms with Crippen molar-refractivity contribution in [1.29, 1.82) is 0 Å². The van der Waals surface area contributed by atoms with Gasteiger partial charge in [0.15, 0.2) is 0 Å². The summed E-state index contributed by atoms with van der Waals surface area (Å²) in [6.07, 6.45) is 2.13. The molecule has 1 heterocycles. The van der Waals surface area contributed by atoms with Crippen molar-refractivity contribution < 1.29 is 19.0 Å². The minimum Gasteiger partial charge on any atom is -0.490 e. The molecule has 0 aliphatic carbocycles. The Morgan fingerprint density at radius 1 is 1.56 bits per heavy atom. The summed E-state index contributed by atoms with van der Waals surface area (Å²) in [5.41, 5.74) is 6.62. The monoisotopic (exact) mass is 251 g/mol. The molecule has 98 valence electrons. The third-order valence-electron chi connectivity index (χ3n) is 2.86. The zero-order valence-corrected chi connectivity index (χ0v) is 10.3. The molecule has 0 aromatic heterocycles. The molecule has 1 unspecified atom stereocenters. The molecule has 1 aromatic carbocycles. The molecule has 0 spiro atoms. The van der Waals surface area contributed by atoms with Crippen LogP contribution < -0.4 is 10.5 Å². The van der Waals surface area contributed by atoms with E-state index < -0.39 is 5.97 Å². The predicted octanol–water partition coefficient (Wildman–Crippen LogP) is 1.61. The van der Waals surface area contributed by atoms with Crippen LogP contribution in [0.1, 0.15) is 23.2 Å². The standard InChI is InChI=1S/C13H17NO4/c1-16-13(15)11-5-4-9(14)7-12(11)18-8-10-3-2-6-17-10/h4-5,7,10H,2-3,6,8,14H2,1H3. The fourth-order valence-corrected chi connectivity index (χ4v) is 1.90. The molecule has 1 fully saturated rings. The number of carbonyl (C=O) groups is 1. The third kappa shape index (κ3) is 2.92. The summed E-state index contributed by atoms with van der Waals surface area (Å²) in [6, 6.07) is 4.87. The van der Waals surface area contributed by atoms with E-state index in [2.05, 4.69) is 0 Å². The summed E-state index contributed by atoms with van der Waals surface area (Å²) in [6.45, 7) is 1.20. The van der Waals surface area contributed by atoms with Gasteiger partial charge in [-0.05, 0) is 25.0 Å². The Balaban J connectivity index is 2.08. The molecule has 0 radical (unpaired) electrons. The van der Waals surface area contributed by atoms with Crippen LogP contribution in [0.4, 0.5) is 5.69 Å². The minimum atomic E-state index is -0.433. The Hall–Kier alpha value is -1.75. The van der Waals surface area contributed by atoms with Gasteiger partial charge >= 0.3 is 5.97 Å². The van der Waals surface area contributed by atoms with Crippen molar-refractivity contribution >= 4 is 11.7 Å². The van der Waals surface area contributed by atoms with Gasteiger partial charge < -0.3 is 19.9 Å². The maximum Gasteiger partial charge on any atom is 0.341 e. The topological polar surface area (TPSA) is 70.8 Å². The van der Waals surface area contributed by atoms with Crippen LogP contribution in [0.15, 0.2) is 18.2 Å². The summed E-state index contributed by atoms with van der Waals surface area (Å²) >= 11 is 0. The van der Waals surface area contributed by atoms with Gasteiger partial charge in [-0.15, -0.1) is 0 Å². The predicted molar refractivity (Wildman–Crippen MR) is 66.7 cm³/mol. The number of nitrogens with two attached hydrogens (primary N) is 1. The van der Waals surface area contributed by atoms with Gasteiger partial charge in [0, 0.05) is 18.4 Å². The van der Waals surface area contributed by atoms with Crippen molar-refractivity contribution in [2.24, 2.45) is 0 Å². The van der Waals surface area contributed by atoms with Gasteiger partial charge in [-0.3, -0.25) is 0 Å². The summed E-state index contributed by atoms with van der Waals surface area (Å²) in [5.74, 6) is 0.00897. The van der Waals surface area contributed by atoms with Crippen LogP contribution in [0, 0.1) is 0 Å². The summed E-state index contributed by atoms with van der Waals surface area (Å²) in [5, 5.41) is 0. The van der Waals surface area contributed by atoms with Crippen molar-refractivity contribution in [2.45, 2.75) is 18.9 Å². The molecule has 0 bridgehead atoms. The van der Waals surface area contributed by atoms with E-state index in [1.54, 1.807) is 18.2 Å². The zero-order valence-electron chi connectivity index (χ0n) is 10.3. The highest BCUT2D eigenvalue weighted by Crippen LogP contribution is 2.24. The number of esters is 1. The van der Waals surface area contributed by atoms with Gasteiger partial charge in [-0.25, -0.2) is 4.79 Å². The van der Waals surface area contributed by atoms with Crippen LogP contribution >= 0.6 is 0 Å². The largest absolute Gasteiger partial charge is 0.490 e. The Morgan fingerprint density at radius 3 is 3.06 bits per heavy atom. The smallest absolute Gasteiger partial charge is 0.341 e. The number of anilines is 1. The molecular weight excluding hydrogens is 234 g/mol. The van der Waals surface area contributed by atoms with Crippen LogP contribution in [0.25, 0.3) is 0 Å². The maximum absolute atomic E-state index is 11.6. The van der Waals surface area contributed by atoms with Crippen molar-refractivity contribution in [1.82, 2.24) is 0 Å². The van der Waals surface area contributed by atoms with Crippen LogP contribution in [-0.2, 0) is 9.47 Å². The molecule has 1 saturated heterocycles. The highest BCUT2D eigenvalue weighted by atomic mass is 16.5. The van der Waals surface area contributed by atoms with Crippen LogP contribution in [0.2, 0.25) is 0 Å². The average molecular weight is 251 g/mol. The van der Waals surface area contributed by atoms with Gasteiger partial charge in [0.05, 0.1) is 13.2 Å². The first-order chi connectivity index (χ1) is 8.70. The van der Waals surface area contributed by atoms with E-state index in [4.69, 9.17) is 19.9 Å². The fourth-order valence-electron chi connectivity index (χ4n) is 1.90. The van der Waals surface area contributed by atoms with Crippen molar-refractivity contribution in [2.75, 3.05) is 26.1 Å². The minimum absolute atomic E-state index is 0.0944. The number of hydrogen-bond donors (Lipinski definition) is 1. The van der Waals surface area contributed by atoms with Gasteiger partial charge in [-0.1, -0.05) is 0 Å². The Morgan fingerprint density at radius 2 is 2.39 bits per heavy atom. The van der Waals surface area contributed by atoms with Crippen LogP contribution in [0.3, 0.4) is 0 Å². The van der Waals surface area contributed by atoms with E-state index >= 15 is 0 Å². The number of hydrogen-bond acceptors (Lipinski definition) is 5. The molecule has 0 saturated carbocycles.